The molecule has 0 spiro atoms. The minimum absolute atomic E-state index is 0.0166. The van der Waals surface area contributed by atoms with E-state index in [-0.39, 0.29) is 56.5 Å². The van der Waals surface area contributed by atoms with Gasteiger partial charge in [0, 0.05) is 30.3 Å². The van der Waals surface area contributed by atoms with E-state index in [2.05, 4.69) is 15.6 Å². The first kappa shape index (κ1) is 41.8. The Labute approximate surface area is 349 Å². The summed E-state index contributed by atoms with van der Waals surface area (Å²) in [5.74, 6) is -1.26. The predicted octanol–water partition coefficient (Wildman–Crippen LogP) is 8.13. The van der Waals surface area contributed by atoms with Crippen molar-refractivity contribution in [1.29, 1.82) is 0 Å². The predicted molar refractivity (Wildman–Crippen MR) is 225 cm³/mol. The molecule has 308 valence electrons. The van der Waals surface area contributed by atoms with Gasteiger partial charge in [0.15, 0.2) is 11.4 Å². The second-order valence-electron chi connectivity index (χ2n) is 15.6. The molecule has 0 aliphatic carbocycles. The van der Waals surface area contributed by atoms with E-state index < -0.39 is 36.1 Å². The van der Waals surface area contributed by atoms with Crippen LogP contribution >= 0.6 is 11.6 Å². The summed E-state index contributed by atoms with van der Waals surface area (Å²) in [5, 5.41) is 6.83. The topological polar surface area (TPSA) is 140 Å². The highest BCUT2D eigenvalue weighted by Crippen LogP contribution is 2.31. The number of Topliss-reactive ketones (excluding diaryl/α,β-unsaturated/α-hetero) is 2. The summed E-state index contributed by atoms with van der Waals surface area (Å²) in [5.41, 5.74) is 3.78. The number of halogens is 1. The van der Waals surface area contributed by atoms with Crippen molar-refractivity contribution in [2.75, 3.05) is 19.6 Å². The highest BCUT2D eigenvalue weighted by molar-refractivity contribution is 6.30. The molecule has 4 atom stereocenters. The molecule has 0 saturated carbocycles. The summed E-state index contributed by atoms with van der Waals surface area (Å²) in [4.78, 5) is 63.0. The molecule has 7 rings (SSSR count). The smallest absolute Gasteiger partial charge is 0.408 e. The minimum atomic E-state index is -0.999. The van der Waals surface area contributed by atoms with Gasteiger partial charge in [-0.05, 0) is 98.5 Å². The fraction of sp³-hybridized carbons (Fsp3) is 0.383. The number of likely N-dealkylation sites (tertiary alicyclic amines) is 1. The van der Waals surface area contributed by atoms with Gasteiger partial charge >= 0.3 is 6.09 Å². The van der Waals surface area contributed by atoms with Gasteiger partial charge in [-0.3, -0.25) is 14.4 Å². The number of nitrogens with one attached hydrogen (secondary N) is 2. The van der Waals surface area contributed by atoms with Crippen LogP contribution in [-0.4, -0.2) is 71.3 Å². The van der Waals surface area contributed by atoms with Crippen LogP contribution in [-0.2, 0) is 38.7 Å². The van der Waals surface area contributed by atoms with E-state index in [1.54, 1.807) is 24.3 Å². The number of para-hydroxylation sites is 2. The molecule has 1 aromatic heterocycles. The maximum absolute atomic E-state index is 14.8. The van der Waals surface area contributed by atoms with Crippen LogP contribution in [0.5, 0.6) is 0 Å². The largest absolute Gasteiger partial charge is 0.445 e. The monoisotopic (exact) mass is 818 g/mol. The number of amides is 2. The lowest BCUT2D eigenvalue weighted by molar-refractivity contribution is -0.139. The lowest BCUT2D eigenvalue weighted by Crippen LogP contribution is -2.52. The molecular weight excluding hydrogens is 768 g/mol. The Morgan fingerprint density at radius 2 is 1.51 bits per heavy atom. The van der Waals surface area contributed by atoms with E-state index >= 15 is 0 Å². The first-order chi connectivity index (χ1) is 28.8. The molecular formula is C47H51ClN4O7. The van der Waals surface area contributed by atoms with Gasteiger partial charge < -0.3 is 29.4 Å². The number of nitrogens with zero attached hydrogens (tertiary/aromatic N) is 2. The Morgan fingerprint density at radius 1 is 0.831 bits per heavy atom. The van der Waals surface area contributed by atoms with Gasteiger partial charge in [-0.2, -0.15) is 0 Å². The van der Waals surface area contributed by atoms with E-state index in [9.17, 15) is 19.2 Å². The lowest BCUT2D eigenvalue weighted by atomic mass is 9.84. The molecule has 11 nitrogen and oxygen atoms in total. The molecule has 2 N–H and O–H groups in total. The molecule has 12 heteroatoms. The fourth-order valence-corrected chi connectivity index (χ4v) is 8.17. The summed E-state index contributed by atoms with van der Waals surface area (Å²) in [6.45, 7) is 2.25. The second kappa shape index (κ2) is 20.6. The molecule has 3 heterocycles. The summed E-state index contributed by atoms with van der Waals surface area (Å²) in [6, 6.07) is 31.6. The third-order valence-corrected chi connectivity index (χ3v) is 11.6. The Morgan fingerprint density at radius 3 is 2.24 bits per heavy atom. The number of ketones is 2. The highest BCUT2D eigenvalue weighted by atomic mass is 35.5. The van der Waals surface area contributed by atoms with Crippen LogP contribution in [0.3, 0.4) is 0 Å². The number of benzene rings is 4. The zero-order valence-corrected chi connectivity index (χ0v) is 33.9. The molecule has 2 amide bonds. The Balaban J connectivity index is 1.12. The van der Waals surface area contributed by atoms with Gasteiger partial charge in [0.05, 0.1) is 18.8 Å². The summed E-state index contributed by atoms with van der Waals surface area (Å²) < 4.78 is 17.8. The number of aromatic nitrogens is 1. The van der Waals surface area contributed by atoms with E-state index in [0.717, 1.165) is 49.0 Å². The number of carbonyl (C=O) groups excluding carboxylic acids is 4. The van der Waals surface area contributed by atoms with Crippen LogP contribution in [0.15, 0.2) is 114 Å². The molecule has 59 heavy (non-hydrogen) atoms. The van der Waals surface area contributed by atoms with E-state index in [0.29, 0.717) is 34.9 Å². The van der Waals surface area contributed by atoms with Crippen molar-refractivity contribution < 1.29 is 33.1 Å². The van der Waals surface area contributed by atoms with Crippen molar-refractivity contribution in [2.45, 2.75) is 82.8 Å². The summed E-state index contributed by atoms with van der Waals surface area (Å²) >= 11 is 6.12. The van der Waals surface area contributed by atoms with Gasteiger partial charge in [0.1, 0.15) is 18.2 Å². The fourth-order valence-electron chi connectivity index (χ4n) is 8.05. The second-order valence-corrected chi connectivity index (χ2v) is 16.0. The van der Waals surface area contributed by atoms with Crippen LogP contribution in [0.4, 0.5) is 4.79 Å². The van der Waals surface area contributed by atoms with Crippen molar-refractivity contribution in [3.8, 4) is 0 Å². The van der Waals surface area contributed by atoms with Crippen molar-refractivity contribution in [3.05, 3.63) is 137 Å². The summed E-state index contributed by atoms with van der Waals surface area (Å²) in [6.07, 6.45) is 2.96. The molecule has 4 aromatic carbocycles. The van der Waals surface area contributed by atoms with Crippen molar-refractivity contribution in [2.24, 2.45) is 11.8 Å². The van der Waals surface area contributed by atoms with Gasteiger partial charge in [-0.25, -0.2) is 9.78 Å². The molecule has 2 aliphatic rings. The van der Waals surface area contributed by atoms with Crippen LogP contribution in [0.25, 0.3) is 11.1 Å². The van der Waals surface area contributed by atoms with Gasteiger partial charge in [0.25, 0.3) is 5.89 Å². The normalized spacial score (nSPS) is 18.0. The van der Waals surface area contributed by atoms with Crippen molar-refractivity contribution >= 4 is 46.3 Å². The first-order valence-electron chi connectivity index (χ1n) is 20.6. The third kappa shape index (κ3) is 11.7. The van der Waals surface area contributed by atoms with Gasteiger partial charge in [0.2, 0.25) is 11.7 Å². The number of oxazole rings is 1. The third-order valence-electron chi connectivity index (χ3n) is 11.4. The molecule has 0 radical (unpaired) electrons. The van der Waals surface area contributed by atoms with Crippen molar-refractivity contribution in [1.82, 2.24) is 20.5 Å². The number of aryl methyl sites for hydroxylation is 1. The Bertz CT molecular complexity index is 2120. The van der Waals surface area contributed by atoms with Crippen LogP contribution < -0.4 is 10.6 Å². The average Bonchev–Trinajstić information content (AvgIpc) is 3.91. The molecule has 0 bridgehead atoms. The number of rotatable bonds is 18. The minimum Gasteiger partial charge on any atom is -0.445 e. The number of hydrogen-bond donors (Lipinski definition) is 2. The zero-order valence-electron chi connectivity index (χ0n) is 33.1. The molecule has 5 aromatic rings. The lowest BCUT2D eigenvalue weighted by Gasteiger charge is -2.29. The molecule has 0 unspecified atom stereocenters. The number of piperidine rings is 1. The quantitative estimate of drug-likeness (QED) is 0.0839. The molecule has 2 aliphatic heterocycles. The van der Waals surface area contributed by atoms with E-state index in [1.807, 2.05) is 84.9 Å². The number of hydrogen-bond acceptors (Lipinski definition) is 9. The van der Waals surface area contributed by atoms with Crippen molar-refractivity contribution in [3.63, 3.8) is 0 Å². The highest BCUT2D eigenvalue weighted by Gasteiger charge is 2.43. The number of ether oxygens (including phenoxy) is 2. The maximum Gasteiger partial charge on any atom is 0.408 e. The zero-order chi connectivity index (χ0) is 41.0. The van der Waals surface area contributed by atoms with Crippen LogP contribution in [0.2, 0.25) is 5.02 Å². The molecule has 2 fully saturated rings. The Kier molecular flexibility index (Phi) is 14.6. The molecule has 2 saturated heterocycles. The number of alkyl carbamates (subject to hydrolysis) is 1. The van der Waals surface area contributed by atoms with Gasteiger partial charge in [-0.15, -0.1) is 0 Å². The maximum atomic E-state index is 14.8. The average molecular weight is 819 g/mol. The Hall–Kier alpha value is -5.36. The van der Waals surface area contributed by atoms with Gasteiger partial charge in [-0.1, -0.05) is 96.5 Å². The standard InChI is InChI=1S/C47H51ClN4O7/c48-37-20-16-35(17-21-37)30-57-38-28-41(42(53)27-36(19-15-33-23-25-49-26-24-33)44(54)45-50-39-13-7-8-14-43(39)59-45)52(29-38)46(55)40(22-18-32-9-3-1-4-10-32)51-47(56)58-31-34-11-5-2-6-12-34/h1-14,16-17,20-21,33,36,38,40-41,49H,15,18-19,22-31H2,(H,51,56)/t36-,38-,40-,41+/m1/s1. The first-order valence-corrected chi connectivity index (χ1v) is 21.0. The summed E-state index contributed by atoms with van der Waals surface area (Å²) in [7, 11) is 0. The number of fused-ring (bicyclic) bond motifs is 1. The van der Waals surface area contributed by atoms with Crippen LogP contribution in [0, 0.1) is 11.8 Å². The van der Waals surface area contributed by atoms with Crippen LogP contribution in [0.1, 0.15) is 72.3 Å². The van der Waals surface area contributed by atoms with E-state index in [4.69, 9.17) is 25.5 Å². The SMILES string of the molecule is O=C(N[C@H](CCc1ccccc1)C(=O)N1C[C@H](OCc2ccc(Cl)cc2)C[C@H]1C(=O)C[C@@H](CCC1CCNCC1)C(=O)c1nc2ccccc2o1)OCc1ccccc1. The van der Waals surface area contributed by atoms with E-state index in [1.165, 1.54) is 4.90 Å². The number of carbonyl (C=O) groups is 4.